The van der Waals surface area contributed by atoms with Gasteiger partial charge >= 0.3 is 0 Å². The van der Waals surface area contributed by atoms with Crippen molar-refractivity contribution in [2.45, 2.75) is 12.6 Å². The van der Waals surface area contributed by atoms with Gasteiger partial charge in [-0.05, 0) is 41.0 Å². The first kappa shape index (κ1) is 22.5. The van der Waals surface area contributed by atoms with E-state index in [0.29, 0.717) is 29.8 Å². The van der Waals surface area contributed by atoms with Gasteiger partial charge in [-0.2, -0.15) is 0 Å². The molecule has 3 rings (SSSR count). The highest BCUT2D eigenvalue weighted by atomic mass is 16.5. The van der Waals surface area contributed by atoms with Crippen molar-refractivity contribution in [2.24, 2.45) is 0 Å². The standard InChI is InChI=1S/C25H23N3O4/c29-18-28(22-12-5-2-6-13-22)24(25(31)26-17-20-8-3-1-4-9-20)21-11-7-10-19(16-21)14-15-23(30)27-32/h1-16,18,24,32H,17H2,(H,26,31)(H,27,30)/b15-14+. The number of carbonyl (C=O) groups excluding carboxylic acids is 3. The van der Waals surface area contributed by atoms with Crippen LogP contribution in [0.2, 0.25) is 0 Å². The van der Waals surface area contributed by atoms with E-state index in [2.05, 4.69) is 5.32 Å². The van der Waals surface area contributed by atoms with Crippen molar-refractivity contribution in [1.82, 2.24) is 10.8 Å². The smallest absolute Gasteiger partial charge is 0.267 e. The number of amides is 3. The summed E-state index contributed by atoms with van der Waals surface area (Å²) in [4.78, 5) is 38.0. The molecular formula is C25H23N3O4. The van der Waals surface area contributed by atoms with Crippen LogP contribution in [0.1, 0.15) is 22.7 Å². The third kappa shape index (κ3) is 5.90. The van der Waals surface area contributed by atoms with Crippen LogP contribution in [-0.2, 0) is 20.9 Å². The average Bonchev–Trinajstić information content (AvgIpc) is 2.85. The van der Waals surface area contributed by atoms with Crippen molar-refractivity contribution >= 4 is 30.0 Å². The summed E-state index contributed by atoms with van der Waals surface area (Å²) >= 11 is 0. The fourth-order valence-electron chi connectivity index (χ4n) is 3.23. The number of rotatable bonds is 9. The molecule has 3 aromatic carbocycles. The lowest BCUT2D eigenvalue weighted by atomic mass is 10.0. The summed E-state index contributed by atoms with van der Waals surface area (Å²) in [6.07, 6.45) is 3.30. The van der Waals surface area contributed by atoms with Crippen LogP contribution in [0.3, 0.4) is 0 Å². The number of benzene rings is 3. The lowest BCUT2D eigenvalue weighted by molar-refractivity contribution is -0.124. The highest BCUT2D eigenvalue weighted by Crippen LogP contribution is 2.27. The largest absolute Gasteiger partial charge is 0.350 e. The van der Waals surface area contributed by atoms with Crippen LogP contribution in [-0.4, -0.2) is 23.4 Å². The second-order valence-corrected chi connectivity index (χ2v) is 6.93. The van der Waals surface area contributed by atoms with Gasteiger partial charge in [0.2, 0.25) is 12.3 Å². The van der Waals surface area contributed by atoms with Crippen molar-refractivity contribution < 1.29 is 19.6 Å². The van der Waals surface area contributed by atoms with Crippen LogP contribution in [0.25, 0.3) is 6.08 Å². The molecule has 0 radical (unpaired) electrons. The highest BCUT2D eigenvalue weighted by Gasteiger charge is 2.28. The molecule has 1 atom stereocenters. The van der Waals surface area contributed by atoms with Gasteiger partial charge in [0.15, 0.2) is 0 Å². The lowest BCUT2D eigenvalue weighted by Gasteiger charge is -2.28. The number of anilines is 1. The Morgan fingerprint density at radius 2 is 1.62 bits per heavy atom. The van der Waals surface area contributed by atoms with E-state index in [1.807, 2.05) is 36.4 Å². The van der Waals surface area contributed by atoms with Gasteiger partial charge in [-0.1, -0.05) is 66.7 Å². The Hall–Kier alpha value is -4.23. The number of hydroxylamine groups is 1. The third-order valence-corrected chi connectivity index (χ3v) is 4.77. The number of carbonyl (C=O) groups is 3. The molecule has 32 heavy (non-hydrogen) atoms. The highest BCUT2D eigenvalue weighted by molar-refractivity contribution is 5.93. The molecule has 0 spiro atoms. The fraction of sp³-hybridized carbons (Fsp3) is 0.0800. The van der Waals surface area contributed by atoms with E-state index in [9.17, 15) is 14.4 Å². The Bertz CT molecular complexity index is 1080. The minimum absolute atomic E-state index is 0.313. The summed E-state index contributed by atoms with van der Waals surface area (Å²) in [5, 5.41) is 11.6. The van der Waals surface area contributed by atoms with Crippen molar-refractivity contribution in [1.29, 1.82) is 0 Å². The zero-order chi connectivity index (χ0) is 22.8. The topological polar surface area (TPSA) is 98.7 Å². The van der Waals surface area contributed by atoms with Crippen LogP contribution in [0.4, 0.5) is 5.69 Å². The summed E-state index contributed by atoms with van der Waals surface area (Å²) in [6, 6.07) is 24.4. The number of hydrogen-bond acceptors (Lipinski definition) is 4. The molecule has 0 bridgehead atoms. The minimum Gasteiger partial charge on any atom is -0.350 e. The molecule has 3 aromatic rings. The van der Waals surface area contributed by atoms with Gasteiger partial charge in [-0.25, -0.2) is 5.48 Å². The molecule has 7 heteroatoms. The molecule has 0 aliphatic rings. The Kier molecular flexibility index (Phi) is 7.89. The van der Waals surface area contributed by atoms with E-state index in [1.165, 1.54) is 16.5 Å². The van der Waals surface area contributed by atoms with Crippen LogP contribution in [0.5, 0.6) is 0 Å². The van der Waals surface area contributed by atoms with Gasteiger partial charge in [-0.3, -0.25) is 24.5 Å². The molecule has 3 N–H and O–H groups in total. The Balaban J connectivity index is 1.94. The molecule has 0 saturated heterocycles. The van der Waals surface area contributed by atoms with Crippen molar-refractivity contribution in [3.05, 3.63) is 108 Å². The quantitative estimate of drug-likeness (QED) is 0.211. The van der Waals surface area contributed by atoms with Gasteiger partial charge in [0.1, 0.15) is 6.04 Å². The van der Waals surface area contributed by atoms with Gasteiger partial charge in [0, 0.05) is 18.3 Å². The Morgan fingerprint density at radius 1 is 0.938 bits per heavy atom. The van der Waals surface area contributed by atoms with Crippen molar-refractivity contribution in [3.63, 3.8) is 0 Å². The summed E-state index contributed by atoms with van der Waals surface area (Å²) in [6.45, 7) is 0.313. The maximum atomic E-state index is 13.3. The molecule has 0 saturated carbocycles. The summed E-state index contributed by atoms with van der Waals surface area (Å²) in [5.74, 6) is -1.02. The van der Waals surface area contributed by atoms with E-state index in [0.717, 1.165) is 11.6 Å². The molecule has 0 aliphatic heterocycles. The van der Waals surface area contributed by atoms with Gasteiger partial charge in [0.25, 0.3) is 5.91 Å². The number of para-hydroxylation sites is 1. The third-order valence-electron chi connectivity index (χ3n) is 4.77. The van der Waals surface area contributed by atoms with Gasteiger partial charge in [0.05, 0.1) is 0 Å². The van der Waals surface area contributed by atoms with Gasteiger partial charge in [-0.15, -0.1) is 0 Å². The minimum atomic E-state index is -0.932. The predicted octanol–water partition coefficient (Wildman–Crippen LogP) is 3.23. The molecule has 162 valence electrons. The first-order valence-corrected chi connectivity index (χ1v) is 9.95. The molecule has 0 aromatic heterocycles. The lowest BCUT2D eigenvalue weighted by Crippen LogP contribution is -2.40. The molecule has 3 amide bonds. The van der Waals surface area contributed by atoms with E-state index in [1.54, 1.807) is 48.5 Å². The predicted molar refractivity (Wildman–Crippen MR) is 121 cm³/mol. The maximum Gasteiger partial charge on any atom is 0.267 e. The summed E-state index contributed by atoms with van der Waals surface area (Å²) < 4.78 is 0. The molecule has 7 nitrogen and oxygen atoms in total. The van der Waals surface area contributed by atoms with Crippen LogP contribution < -0.4 is 15.7 Å². The van der Waals surface area contributed by atoms with E-state index < -0.39 is 11.9 Å². The van der Waals surface area contributed by atoms with E-state index >= 15 is 0 Å². The van der Waals surface area contributed by atoms with Crippen LogP contribution in [0.15, 0.2) is 91.0 Å². The zero-order valence-electron chi connectivity index (χ0n) is 17.2. The molecule has 0 aliphatic carbocycles. The molecular weight excluding hydrogens is 406 g/mol. The summed E-state index contributed by atoms with van der Waals surface area (Å²) in [7, 11) is 0. The normalized spacial score (nSPS) is 11.5. The maximum absolute atomic E-state index is 13.3. The number of nitrogens with zero attached hydrogens (tertiary/aromatic N) is 1. The number of nitrogens with one attached hydrogen (secondary N) is 2. The first-order valence-electron chi connectivity index (χ1n) is 9.95. The Labute approximate surface area is 186 Å². The molecule has 0 fully saturated rings. The van der Waals surface area contributed by atoms with E-state index in [4.69, 9.17) is 5.21 Å². The van der Waals surface area contributed by atoms with Gasteiger partial charge < -0.3 is 5.32 Å². The Morgan fingerprint density at radius 3 is 2.28 bits per heavy atom. The van der Waals surface area contributed by atoms with Crippen LogP contribution >= 0.6 is 0 Å². The van der Waals surface area contributed by atoms with Crippen molar-refractivity contribution in [3.8, 4) is 0 Å². The number of hydrogen-bond donors (Lipinski definition) is 3. The summed E-state index contributed by atoms with van der Waals surface area (Å²) in [5.41, 5.74) is 4.23. The zero-order valence-corrected chi connectivity index (χ0v) is 17.2. The van der Waals surface area contributed by atoms with Crippen LogP contribution in [0, 0.1) is 0 Å². The van der Waals surface area contributed by atoms with Crippen molar-refractivity contribution in [2.75, 3.05) is 4.90 Å². The van der Waals surface area contributed by atoms with E-state index in [-0.39, 0.29) is 5.91 Å². The first-order chi connectivity index (χ1) is 15.6. The SMILES string of the molecule is O=CN(c1ccccc1)C(C(=O)NCc1ccccc1)c1cccc(/C=C/C(=O)NO)c1. The second kappa shape index (κ2) is 11.2. The average molecular weight is 429 g/mol. The fourth-order valence-corrected chi connectivity index (χ4v) is 3.23. The monoisotopic (exact) mass is 429 g/mol. The molecule has 1 unspecified atom stereocenters. The second-order valence-electron chi connectivity index (χ2n) is 6.93. The molecule has 0 heterocycles.